The molecule has 67 heavy (non-hydrogen) atoms. The van der Waals surface area contributed by atoms with Crippen molar-refractivity contribution in [2.45, 2.75) is 99.3 Å². The van der Waals surface area contributed by atoms with E-state index in [4.69, 9.17) is 35.4 Å². The first-order chi connectivity index (χ1) is 31.3. The second-order valence-electron chi connectivity index (χ2n) is 17.8. The third kappa shape index (κ3) is 13.8. The van der Waals surface area contributed by atoms with Crippen LogP contribution < -0.4 is 31.6 Å². The largest absolute Gasteiger partial charge is 0.493 e. The van der Waals surface area contributed by atoms with Crippen LogP contribution in [0.15, 0.2) is 83.0 Å². The van der Waals surface area contributed by atoms with Crippen LogP contribution in [0.4, 0.5) is 35.2 Å². The molecule has 14 nitrogen and oxygen atoms in total. The fourth-order valence-electron chi connectivity index (χ4n) is 8.43. The number of nitrogens with one attached hydrogen (secondary N) is 2. The molecular weight excluding hydrogens is 929 g/mol. The van der Waals surface area contributed by atoms with Crippen molar-refractivity contribution in [1.82, 2.24) is 15.3 Å². The summed E-state index contributed by atoms with van der Waals surface area (Å²) in [6.07, 6.45) is 7.18. The Morgan fingerprint density at radius 3 is 1.85 bits per heavy atom. The van der Waals surface area contributed by atoms with Crippen LogP contribution in [-0.4, -0.2) is 82.1 Å². The standard InChI is InChI=1S/C21H25FN4O2S.C20H28FN3O3S.C6H6FNO.ClH/c1-20(13-21(29-19(23)26-20)7-10-28-11-8-21)15-12-14(5-6-16(15)22)25-18-17(27-2)4-3-9-24-18;1-18(2,3)27-17(25)23-16-24-19(4,14-11-13(22)5-6-15(14)21)12-20(28-16)7-9-26-10-8-20;1-9-5-3-2-4-8-6(5)7;/h3-6,9,12H,7-8,10-11,13H2,1-2H3,(H2,23,26)(H,24,25);5-6,11H,7-10,12,22H2,1-4H3,(H,23,24,25);2-4H,1H3;1H/t20-;19-;;/m00../s1. The molecule has 364 valence electrons. The highest BCUT2D eigenvalue weighted by Gasteiger charge is 2.48. The van der Waals surface area contributed by atoms with Crippen molar-refractivity contribution >= 4 is 69.6 Å². The van der Waals surface area contributed by atoms with Crippen LogP contribution in [0.1, 0.15) is 84.3 Å². The maximum Gasteiger partial charge on any atom is 0.413 e. The first-order valence-electron chi connectivity index (χ1n) is 21.5. The van der Waals surface area contributed by atoms with E-state index < -0.39 is 28.7 Å². The van der Waals surface area contributed by atoms with Gasteiger partial charge in [-0.25, -0.2) is 23.5 Å². The molecule has 2 spiro atoms. The number of nitrogens with zero attached hydrogens (tertiary/aromatic N) is 4. The fourth-order valence-corrected chi connectivity index (χ4v) is 11.4. The Kier molecular flexibility index (Phi) is 17.8. The summed E-state index contributed by atoms with van der Waals surface area (Å²) in [5, 5.41) is 6.93. The average molecular weight is 990 g/mol. The topological polar surface area (TPSA) is 190 Å². The molecule has 0 bridgehead atoms. The van der Waals surface area contributed by atoms with Crippen LogP contribution in [0, 0.1) is 17.6 Å². The third-order valence-corrected chi connectivity index (χ3v) is 14.1. The number of benzene rings is 2. The van der Waals surface area contributed by atoms with E-state index in [1.807, 2.05) is 19.9 Å². The Morgan fingerprint density at radius 1 is 0.746 bits per heavy atom. The van der Waals surface area contributed by atoms with Gasteiger partial charge >= 0.3 is 6.09 Å². The molecule has 6 heterocycles. The smallest absolute Gasteiger partial charge is 0.413 e. The number of hydrogen-bond donors (Lipinski definition) is 4. The third-order valence-electron chi connectivity index (χ3n) is 11.4. The maximum absolute atomic E-state index is 15.0. The first kappa shape index (κ1) is 53.0. The molecular formula is C47H60ClF3N8O6S2. The molecule has 0 unspecified atom stereocenters. The Balaban J connectivity index is 0.000000209. The number of carbonyl (C=O) groups is 1. The number of nitrogen functional groups attached to an aromatic ring is 1. The molecule has 4 aliphatic rings. The number of aliphatic imine (C=N–C) groups is 2. The summed E-state index contributed by atoms with van der Waals surface area (Å²) >= 11 is 3.13. The number of carbonyl (C=O) groups excluding carboxylic acids is 1. The van der Waals surface area contributed by atoms with Gasteiger partial charge in [-0.1, -0.05) is 23.5 Å². The Bertz CT molecular complexity index is 2400. The summed E-state index contributed by atoms with van der Waals surface area (Å²) < 4.78 is 68.1. The van der Waals surface area contributed by atoms with Crippen LogP contribution in [0.3, 0.4) is 0 Å². The SMILES string of the molecule is CC(C)(C)OC(=O)NC1=N[C@](C)(c2cc(N)ccc2F)CC2(CCOCC2)S1.COc1cccnc1F.COc1cccnc1Nc1ccc(F)c([C@]2(C)CC3(CCOCC3)SC(N)=N2)c1.Cl. The quantitative estimate of drug-likeness (QED) is 0.106. The number of thioether (sulfide) groups is 2. The zero-order chi connectivity index (χ0) is 47.8. The summed E-state index contributed by atoms with van der Waals surface area (Å²) in [4.78, 5) is 29.4. The van der Waals surface area contributed by atoms with Crippen LogP contribution in [0.5, 0.6) is 11.5 Å². The zero-order valence-corrected chi connectivity index (χ0v) is 41.2. The minimum Gasteiger partial charge on any atom is -0.493 e. The highest BCUT2D eigenvalue weighted by molar-refractivity contribution is 8.15. The van der Waals surface area contributed by atoms with Crippen molar-refractivity contribution in [3.63, 3.8) is 0 Å². The minimum atomic E-state index is -0.855. The number of rotatable bonds is 6. The lowest BCUT2D eigenvalue weighted by molar-refractivity contribution is 0.0562. The van der Waals surface area contributed by atoms with Gasteiger partial charge in [-0.2, -0.15) is 4.39 Å². The van der Waals surface area contributed by atoms with Crippen molar-refractivity contribution in [2.75, 3.05) is 51.7 Å². The van der Waals surface area contributed by atoms with Crippen molar-refractivity contribution < 1.29 is 41.7 Å². The number of amides is 1. The van der Waals surface area contributed by atoms with E-state index in [1.54, 1.807) is 76.2 Å². The molecule has 0 saturated carbocycles. The van der Waals surface area contributed by atoms with Gasteiger partial charge in [0.05, 0.1) is 25.3 Å². The fraction of sp³-hybridized carbons (Fsp3) is 0.468. The highest BCUT2D eigenvalue weighted by atomic mass is 35.5. The molecule has 0 aliphatic carbocycles. The van der Waals surface area contributed by atoms with Gasteiger partial charge in [0.2, 0.25) is 0 Å². The normalized spacial score (nSPS) is 21.6. The van der Waals surface area contributed by atoms with Gasteiger partial charge in [-0.15, -0.1) is 12.4 Å². The number of anilines is 3. The van der Waals surface area contributed by atoms with E-state index >= 15 is 0 Å². The number of alkyl carbamates (subject to hydrolysis) is 1. The number of pyridine rings is 2. The lowest BCUT2D eigenvalue weighted by atomic mass is 9.79. The number of halogens is 4. The summed E-state index contributed by atoms with van der Waals surface area (Å²) in [5.74, 6) is 0.142. The zero-order valence-electron chi connectivity index (χ0n) is 38.8. The lowest BCUT2D eigenvalue weighted by Crippen LogP contribution is -2.48. The van der Waals surface area contributed by atoms with Gasteiger partial charge in [-0.3, -0.25) is 15.3 Å². The van der Waals surface area contributed by atoms with Crippen molar-refractivity contribution in [3.05, 3.63) is 102 Å². The molecule has 20 heteroatoms. The molecule has 2 saturated heterocycles. The molecule has 2 aromatic carbocycles. The molecule has 6 N–H and O–H groups in total. The van der Waals surface area contributed by atoms with Crippen LogP contribution in [0.2, 0.25) is 0 Å². The van der Waals surface area contributed by atoms with Crippen molar-refractivity contribution in [1.29, 1.82) is 0 Å². The van der Waals surface area contributed by atoms with E-state index in [9.17, 15) is 18.0 Å². The number of amidine groups is 2. The summed E-state index contributed by atoms with van der Waals surface area (Å²) in [7, 11) is 2.99. The number of ether oxygens (including phenoxy) is 5. The van der Waals surface area contributed by atoms with Gasteiger partial charge in [0.1, 0.15) is 17.2 Å². The molecule has 2 fully saturated rings. The Hall–Kier alpha value is -4.95. The molecule has 2 atom stereocenters. The van der Waals surface area contributed by atoms with Gasteiger partial charge in [-0.05, 0) is 134 Å². The van der Waals surface area contributed by atoms with Crippen molar-refractivity contribution in [3.8, 4) is 11.5 Å². The summed E-state index contributed by atoms with van der Waals surface area (Å²) in [6.45, 7) is 11.9. The van der Waals surface area contributed by atoms with Crippen LogP contribution in [-0.2, 0) is 25.3 Å². The first-order valence-corrected chi connectivity index (χ1v) is 23.2. The Labute approximate surface area is 404 Å². The van der Waals surface area contributed by atoms with Crippen LogP contribution in [0.25, 0.3) is 0 Å². The second kappa shape index (κ2) is 22.4. The van der Waals surface area contributed by atoms with E-state index in [0.29, 0.717) is 83.7 Å². The van der Waals surface area contributed by atoms with Gasteiger partial charge < -0.3 is 40.5 Å². The lowest BCUT2D eigenvalue weighted by Gasteiger charge is -2.45. The predicted molar refractivity (Wildman–Crippen MR) is 262 cm³/mol. The number of aromatic nitrogens is 2. The van der Waals surface area contributed by atoms with E-state index in [-0.39, 0.29) is 39.3 Å². The minimum absolute atomic E-state index is 0. The van der Waals surface area contributed by atoms with Crippen LogP contribution >= 0.6 is 35.9 Å². The van der Waals surface area contributed by atoms with Crippen molar-refractivity contribution in [2.24, 2.45) is 15.7 Å². The maximum atomic E-state index is 15.0. The number of methoxy groups -OCH3 is 2. The van der Waals surface area contributed by atoms with Gasteiger partial charge in [0, 0.05) is 70.8 Å². The highest BCUT2D eigenvalue weighted by Crippen LogP contribution is 2.52. The average Bonchev–Trinajstić information content (AvgIpc) is 3.25. The van der Waals surface area contributed by atoms with E-state index in [0.717, 1.165) is 25.7 Å². The summed E-state index contributed by atoms with van der Waals surface area (Å²) in [5.41, 5.74) is 12.1. The molecule has 1 amide bonds. The molecule has 4 aromatic rings. The molecule has 2 aromatic heterocycles. The molecule has 0 radical (unpaired) electrons. The van der Waals surface area contributed by atoms with Gasteiger partial charge in [0.15, 0.2) is 27.7 Å². The molecule has 4 aliphatic heterocycles. The monoisotopic (exact) mass is 988 g/mol. The van der Waals surface area contributed by atoms with E-state index in [2.05, 4.69) is 30.3 Å². The van der Waals surface area contributed by atoms with Gasteiger partial charge in [0.25, 0.3) is 5.95 Å². The number of nitrogens with two attached hydrogens (primary N) is 2. The Morgan fingerprint density at radius 2 is 1.28 bits per heavy atom. The second-order valence-corrected chi connectivity index (χ2v) is 20.7. The van der Waals surface area contributed by atoms with E-state index in [1.165, 1.54) is 49.3 Å². The summed E-state index contributed by atoms with van der Waals surface area (Å²) in [6, 6.07) is 16.2. The number of hydrogen-bond acceptors (Lipinski definition) is 15. The molecule has 8 rings (SSSR count). The predicted octanol–water partition coefficient (Wildman–Crippen LogP) is 10.0.